The Morgan fingerprint density at radius 1 is 1.40 bits per heavy atom. The molecule has 6 heteroatoms. The van der Waals surface area contributed by atoms with Crippen molar-refractivity contribution in [2.75, 3.05) is 20.3 Å². The Balaban J connectivity index is 2.67. The maximum absolute atomic E-state index is 12.3. The van der Waals surface area contributed by atoms with E-state index in [0.717, 1.165) is 32.1 Å². The van der Waals surface area contributed by atoms with Crippen molar-refractivity contribution in [3.63, 3.8) is 0 Å². The molecule has 0 bridgehead atoms. The van der Waals surface area contributed by atoms with E-state index in [0.29, 0.717) is 19.6 Å². The van der Waals surface area contributed by atoms with Crippen LogP contribution >= 0.6 is 0 Å². The minimum atomic E-state index is -0.916. The maximum Gasteiger partial charge on any atom is 0.326 e. The second-order valence-corrected chi connectivity index (χ2v) is 5.29. The summed E-state index contributed by atoms with van der Waals surface area (Å²) in [5.41, 5.74) is 0. The zero-order valence-corrected chi connectivity index (χ0v) is 12.4. The number of urea groups is 1. The van der Waals surface area contributed by atoms with E-state index < -0.39 is 12.0 Å². The SMILES string of the molecule is CCCC(COC)NC(=O)N1CCCCCC1C(=O)O. The van der Waals surface area contributed by atoms with Crippen LogP contribution < -0.4 is 5.32 Å². The van der Waals surface area contributed by atoms with Gasteiger partial charge >= 0.3 is 12.0 Å². The second-order valence-electron chi connectivity index (χ2n) is 5.29. The standard InChI is InChI=1S/C14H26N2O4/c1-3-7-11(10-20-2)15-14(19)16-9-6-4-5-8-12(16)13(17)18/h11-12H,3-10H2,1-2H3,(H,15,19)(H,17,18). The fourth-order valence-electron chi connectivity index (χ4n) is 2.61. The lowest BCUT2D eigenvalue weighted by Gasteiger charge is -2.29. The molecule has 2 unspecified atom stereocenters. The number of carbonyl (C=O) groups is 2. The Labute approximate surface area is 120 Å². The summed E-state index contributed by atoms with van der Waals surface area (Å²) in [6.45, 7) is 3.00. The lowest BCUT2D eigenvalue weighted by molar-refractivity contribution is -0.142. The lowest BCUT2D eigenvalue weighted by atomic mass is 10.1. The number of carboxylic acids is 1. The number of methoxy groups -OCH3 is 1. The van der Waals surface area contributed by atoms with Crippen molar-refractivity contribution in [3.8, 4) is 0 Å². The monoisotopic (exact) mass is 286 g/mol. The van der Waals surface area contributed by atoms with Crippen LogP contribution in [0.4, 0.5) is 4.79 Å². The van der Waals surface area contributed by atoms with E-state index in [4.69, 9.17) is 4.74 Å². The van der Waals surface area contributed by atoms with Crippen LogP contribution in [0.1, 0.15) is 45.4 Å². The molecule has 20 heavy (non-hydrogen) atoms. The molecule has 0 aromatic rings. The van der Waals surface area contributed by atoms with E-state index in [1.165, 1.54) is 4.90 Å². The number of ether oxygens (including phenoxy) is 1. The number of carbonyl (C=O) groups excluding carboxylic acids is 1. The van der Waals surface area contributed by atoms with Crippen molar-refractivity contribution < 1.29 is 19.4 Å². The average Bonchev–Trinajstić information content (AvgIpc) is 2.64. The van der Waals surface area contributed by atoms with E-state index in [9.17, 15) is 14.7 Å². The molecule has 0 aliphatic carbocycles. The van der Waals surface area contributed by atoms with Crippen molar-refractivity contribution in [2.24, 2.45) is 0 Å². The molecule has 0 aromatic carbocycles. The van der Waals surface area contributed by atoms with E-state index in [2.05, 4.69) is 5.32 Å². The van der Waals surface area contributed by atoms with Gasteiger partial charge in [0.05, 0.1) is 12.6 Å². The van der Waals surface area contributed by atoms with Gasteiger partial charge < -0.3 is 20.1 Å². The first-order valence-corrected chi connectivity index (χ1v) is 7.39. The molecule has 6 nitrogen and oxygen atoms in total. The number of hydrogen-bond acceptors (Lipinski definition) is 3. The molecule has 1 saturated heterocycles. The molecule has 0 aromatic heterocycles. The first-order chi connectivity index (χ1) is 9.60. The van der Waals surface area contributed by atoms with Crippen LogP contribution in [-0.2, 0) is 9.53 Å². The summed E-state index contributed by atoms with van der Waals surface area (Å²) in [6.07, 6.45) is 4.99. The van der Waals surface area contributed by atoms with Crippen LogP contribution in [0.5, 0.6) is 0 Å². The van der Waals surface area contributed by atoms with Gasteiger partial charge in [0.2, 0.25) is 0 Å². The fourth-order valence-corrected chi connectivity index (χ4v) is 2.61. The molecule has 0 spiro atoms. The summed E-state index contributed by atoms with van der Waals surface area (Å²) in [7, 11) is 1.60. The van der Waals surface area contributed by atoms with Crippen LogP contribution in [0.3, 0.4) is 0 Å². The Kier molecular flexibility index (Phi) is 7.36. The van der Waals surface area contributed by atoms with Crippen molar-refractivity contribution in [2.45, 2.75) is 57.5 Å². The topological polar surface area (TPSA) is 78.9 Å². The molecule has 1 aliphatic rings. The molecular formula is C14H26N2O4. The number of amides is 2. The molecule has 116 valence electrons. The number of nitrogens with one attached hydrogen (secondary N) is 1. The summed E-state index contributed by atoms with van der Waals surface area (Å²) in [6, 6.07) is -1.05. The van der Waals surface area contributed by atoms with Crippen LogP contribution in [0, 0.1) is 0 Å². The van der Waals surface area contributed by atoms with Gasteiger partial charge in [0, 0.05) is 13.7 Å². The summed E-state index contributed by atoms with van der Waals surface area (Å²) in [5, 5.41) is 12.2. The third-order valence-corrected chi connectivity index (χ3v) is 3.63. The van der Waals surface area contributed by atoms with Crippen molar-refractivity contribution in [1.82, 2.24) is 10.2 Å². The molecule has 0 radical (unpaired) electrons. The highest BCUT2D eigenvalue weighted by Crippen LogP contribution is 2.17. The first-order valence-electron chi connectivity index (χ1n) is 7.39. The third-order valence-electron chi connectivity index (χ3n) is 3.63. The summed E-state index contributed by atoms with van der Waals surface area (Å²) in [4.78, 5) is 25.1. The number of nitrogens with zero attached hydrogens (tertiary/aromatic N) is 1. The van der Waals surface area contributed by atoms with Crippen LogP contribution in [-0.4, -0.2) is 54.4 Å². The molecule has 2 amide bonds. The number of carboxylic acid groups (broad SMARTS) is 1. The number of likely N-dealkylation sites (tertiary alicyclic amines) is 1. The predicted molar refractivity (Wildman–Crippen MR) is 75.7 cm³/mol. The quantitative estimate of drug-likeness (QED) is 0.781. The molecule has 1 rings (SSSR count). The van der Waals surface area contributed by atoms with Gasteiger partial charge in [0.25, 0.3) is 0 Å². The van der Waals surface area contributed by atoms with Crippen molar-refractivity contribution in [1.29, 1.82) is 0 Å². The third kappa shape index (κ3) is 5.00. The molecule has 2 atom stereocenters. The normalized spacial score (nSPS) is 21.1. The summed E-state index contributed by atoms with van der Waals surface area (Å²) in [5.74, 6) is -0.916. The van der Waals surface area contributed by atoms with E-state index >= 15 is 0 Å². The number of hydrogen-bond donors (Lipinski definition) is 2. The highest BCUT2D eigenvalue weighted by molar-refractivity contribution is 5.82. The molecular weight excluding hydrogens is 260 g/mol. The number of rotatable bonds is 6. The minimum absolute atomic E-state index is 0.0600. The highest BCUT2D eigenvalue weighted by Gasteiger charge is 2.31. The molecule has 1 heterocycles. The zero-order valence-electron chi connectivity index (χ0n) is 12.4. The van der Waals surface area contributed by atoms with Gasteiger partial charge in [-0.2, -0.15) is 0 Å². The summed E-state index contributed by atoms with van der Waals surface area (Å²) >= 11 is 0. The molecule has 2 N–H and O–H groups in total. The largest absolute Gasteiger partial charge is 0.480 e. The maximum atomic E-state index is 12.3. The highest BCUT2D eigenvalue weighted by atomic mass is 16.5. The summed E-state index contributed by atoms with van der Waals surface area (Å²) < 4.78 is 5.09. The van der Waals surface area contributed by atoms with Crippen molar-refractivity contribution in [3.05, 3.63) is 0 Å². The van der Waals surface area contributed by atoms with Crippen LogP contribution in [0.25, 0.3) is 0 Å². The van der Waals surface area contributed by atoms with Gasteiger partial charge in [-0.15, -0.1) is 0 Å². The molecule has 1 aliphatic heterocycles. The van der Waals surface area contributed by atoms with Crippen molar-refractivity contribution >= 4 is 12.0 Å². The smallest absolute Gasteiger partial charge is 0.326 e. The van der Waals surface area contributed by atoms with Gasteiger partial charge in [-0.1, -0.05) is 26.2 Å². The fraction of sp³-hybridized carbons (Fsp3) is 0.857. The van der Waals surface area contributed by atoms with Gasteiger partial charge in [-0.05, 0) is 19.3 Å². The van der Waals surface area contributed by atoms with Gasteiger partial charge in [0.1, 0.15) is 6.04 Å². The zero-order chi connectivity index (χ0) is 15.0. The minimum Gasteiger partial charge on any atom is -0.480 e. The van der Waals surface area contributed by atoms with Gasteiger partial charge in [0.15, 0.2) is 0 Å². The number of aliphatic carboxylic acids is 1. The first kappa shape index (κ1) is 16.8. The lowest BCUT2D eigenvalue weighted by Crippen LogP contribution is -2.52. The average molecular weight is 286 g/mol. The Hall–Kier alpha value is -1.30. The van der Waals surface area contributed by atoms with Crippen LogP contribution in [0.15, 0.2) is 0 Å². The van der Waals surface area contributed by atoms with E-state index in [-0.39, 0.29) is 12.1 Å². The molecule has 1 fully saturated rings. The Morgan fingerprint density at radius 3 is 2.75 bits per heavy atom. The second kappa shape index (κ2) is 8.79. The van der Waals surface area contributed by atoms with E-state index in [1.54, 1.807) is 7.11 Å². The predicted octanol–water partition coefficient (Wildman–Crippen LogP) is 1.84. The van der Waals surface area contributed by atoms with Gasteiger partial charge in [-0.25, -0.2) is 9.59 Å². The van der Waals surface area contributed by atoms with Crippen LogP contribution in [0.2, 0.25) is 0 Å². The van der Waals surface area contributed by atoms with Gasteiger partial charge in [-0.3, -0.25) is 0 Å². The Morgan fingerprint density at radius 2 is 2.15 bits per heavy atom. The Bertz CT molecular complexity index is 316. The van der Waals surface area contributed by atoms with E-state index in [1.807, 2.05) is 6.92 Å². The molecule has 0 saturated carbocycles.